The molecular weight excluding hydrogens is 454 g/mol. The Hall–Kier alpha value is -4.83. The van der Waals surface area contributed by atoms with Crippen LogP contribution >= 0.6 is 0 Å². The summed E-state index contributed by atoms with van der Waals surface area (Å²) < 4.78 is 10.2. The van der Waals surface area contributed by atoms with Crippen molar-refractivity contribution >= 4 is 17.6 Å². The minimum Gasteiger partial charge on any atom is -0.466 e. The van der Waals surface area contributed by atoms with Gasteiger partial charge in [-0.2, -0.15) is 5.26 Å². The lowest BCUT2D eigenvalue weighted by Gasteiger charge is -2.36. The summed E-state index contributed by atoms with van der Waals surface area (Å²) in [6.45, 7) is 2.00. The van der Waals surface area contributed by atoms with Crippen molar-refractivity contribution in [2.75, 3.05) is 19.1 Å². The summed E-state index contributed by atoms with van der Waals surface area (Å²) in [6, 6.07) is 26.4. The molecule has 0 radical (unpaired) electrons. The maximum atomic E-state index is 13.2. The number of hydrogen-bond donors (Lipinski definition) is 1. The number of benzene rings is 3. The largest absolute Gasteiger partial charge is 0.466 e. The van der Waals surface area contributed by atoms with E-state index >= 15 is 0 Å². The van der Waals surface area contributed by atoms with E-state index in [4.69, 9.17) is 15.2 Å². The molecular formula is C29H25N3O4. The van der Waals surface area contributed by atoms with Crippen LogP contribution in [0.15, 0.2) is 102 Å². The number of rotatable bonds is 5. The van der Waals surface area contributed by atoms with Crippen LogP contribution in [0.2, 0.25) is 0 Å². The van der Waals surface area contributed by atoms with Crippen LogP contribution in [-0.4, -0.2) is 26.2 Å². The van der Waals surface area contributed by atoms with Crippen molar-refractivity contribution in [1.29, 1.82) is 5.26 Å². The van der Waals surface area contributed by atoms with Crippen molar-refractivity contribution in [2.24, 2.45) is 5.73 Å². The fraction of sp³-hybridized carbons (Fsp3) is 0.138. The molecule has 0 aliphatic carbocycles. The first-order chi connectivity index (χ1) is 17.4. The Kier molecular flexibility index (Phi) is 6.88. The van der Waals surface area contributed by atoms with Crippen LogP contribution in [0.25, 0.3) is 11.1 Å². The first-order valence-corrected chi connectivity index (χ1v) is 11.2. The molecule has 3 aromatic rings. The zero-order valence-corrected chi connectivity index (χ0v) is 20.2. The average molecular weight is 480 g/mol. The van der Waals surface area contributed by atoms with E-state index in [9.17, 15) is 14.9 Å². The SMILES string of the molecule is COC(=O)C1=C(C(=O)OC)N(c2cccc(-c3cccc(C)c3)c2)C(N)=C(C#N)C1c1ccccc1. The number of carbonyl (C=O) groups excluding carboxylic acids is 2. The molecule has 0 bridgehead atoms. The Labute approximate surface area is 209 Å². The number of allylic oxidation sites excluding steroid dienone is 1. The smallest absolute Gasteiger partial charge is 0.355 e. The number of esters is 2. The van der Waals surface area contributed by atoms with E-state index in [1.807, 2.05) is 55.5 Å². The standard InChI is InChI=1S/C29H25N3O4/c1-18-9-7-12-20(15-18)21-13-8-14-22(16-21)32-26(29(34)36-3)25(28(33)35-2)24(23(17-30)27(32)31)19-10-5-4-6-11-19/h4-16,24H,31H2,1-3H3. The molecule has 3 aromatic carbocycles. The van der Waals surface area contributed by atoms with Crippen LogP contribution in [0.4, 0.5) is 5.69 Å². The number of aryl methyl sites for hydroxylation is 1. The third kappa shape index (κ3) is 4.32. The average Bonchev–Trinajstić information content (AvgIpc) is 2.92. The zero-order chi connectivity index (χ0) is 25.8. The van der Waals surface area contributed by atoms with Crippen LogP contribution in [-0.2, 0) is 19.1 Å². The summed E-state index contributed by atoms with van der Waals surface area (Å²) in [5, 5.41) is 10.2. The lowest BCUT2D eigenvalue weighted by atomic mass is 9.81. The van der Waals surface area contributed by atoms with Crippen molar-refractivity contribution in [3.05, 3.63) is 113 Å². The number of methoxy groups -OCH3 is 2. The molecule has 2 N–H and O–H groups in total. The normalized spacial score (nSPS) is 15.4. The molecule has 0 saturated heterocycles. The van der Waals surface area contributed by atoms with E-state index in [0.29, 0.717) is 11.3 Å². The molecule has 1 aliphatic rings. The van der Waals surface area contributed by atoms with Crippen molar-refractivity contribution < 1.29 is 19.1 Å². The molecule has 1 atom stereocenters. The number of nitrogens with zero attached hydrogens (tertiary/aromatic N) is 2. The maximum Gasteiger partial charge on any atom is 0.355 e. The van der Waals surface area contributed by atoms with Gasteiger partial charge >= 0.3 is 11.9 Å². The number of nitrogens with two attached hydrogens (primary N) is 1. The first kappa shape index (κ1) is 24.3. The predicted molar refractivity (Wildman–Crippen MR) is 136 cm³/mol. The summed E-state index contributed by atoms with van der Waals surface area (Å²) in [4.78, 5) is 27.8. The van der Waals surface area contributed by atoms with Gasteiger partial charge in [-0.3, -0.25) is 4.90 Å². The van der Waals surface area contributed by atoms with Crippen molar-refractivity contribution in [3.63, 3.8) is 0 Å². The molecule has 1 aliphatic heterocycles. The second-order valence-electron chi connectivity index (χ2n) is 8.26. The van der Waals surface area contributed by atoms with Crippen LogP contribution in [0, 0.1) is 18.3 Å². The third-order valence-electron chi connectivity index (χ3n) is 6.07. The topological polar surface area (TPSA) is 106 Å². The summed E-state index contributed by atoms with van der Waals surface area (Å²) in [7, 11) is 2.45. The molecule has 180 valence electrons. The minimum absolute atomic E-state index is 0.0257. The lowest BCUT2D eigenvalue weighted by molar-refractivity contribution is -0.139. The molecule has 0 saturated carbocycles. The molecule has 0 spiro atoms. The fourth-order valence-electron chi connectivity index (χ4n) is 4.43. The molecule has 4 rings (SSSR count). The molecule has 1 unspecified atom stereocenters. The van der Waals surface area contributed by atoms with Gasteiger partial charge in [0, 0.05) is 5.69 Å². The molecule has 0 aromatic heterocycles. The van der Waals surface area contributed by atoms with E-state index in [-0.39, 0.29) is 22.7 Å². The summed E-state index contributed by atoms with van der Waals surface area (Å²) in [5.41, 5.74) is 10.6. The number of carbonyl (C=O) groups is 2. The molecule has 36 heavy (non-hydrogen) atoms. The van der Waals surface area contributed by atoms with Crippen LogP contribution < -0.4 is 10.6 Å². The molecule has 0 amide bonds. The van der Waals surface area contributed by atoms with E-state index in [0.717, 1.165) is 16.7 Å². The van der Waals surface area contributed by atoms with Gasteiger partial charge in [-0.25, -0.2) is 9.59 Å². The van der Waals surface area contributed by atoms with Crippen LogP contribution in [0.3, 0.4) is 0 Å². The Bertz CT molecular complexity index is 1430. The van der Waals surface area contributed by atoms with Gasteiger partial charge in [0.25, 0.3) is 0 Å². The van der Waals surface area contributed by atoms with E-state index in [1.165, 1.54) is 19.1 Å². The van der Waals surface area contributed by atoms with E-state index < -0.39 is 17.9 Å². The monoisotopic (exact) mass is 479 g/mol. The highest BCUT2D eigenvalue weighted by Crippen LogP contribution is 2.43. The summed E-state index contributed by atoms with van der Waals surface area (Å²) in [6.07, 6.45) is 0. The van der Waals surface area contributed by atoms with Gasteiger partial charge in [0.05, 0.1) is 37.4 Å². The van der Waals surface area contributed by atoms with Crippen molar-refractivity contribution in [1.82, 2.24) is 0 Å². The summed E-state index contributed by atoms with van der Waals surface area (Å²) in [5.74, 6) is -2.42. The highest BCUT2D eigenvalue weighted by Gasteiger charge is 2.43. The minimum atomic E-state index is -0.908. The Morgan fingerprint density at radius 3 is 2.14 bits per heavy atom. The number of anilines is 1. The van der Waals surface area contributed by atoms with Crippen LogP contribution in [0.1, 0.15) is 17.0 Å². The predicted octanol–water partition coefficient (Wildman–Crippen LogP) is 4.56. The number of hydrogen-bond acceptors (Lipinski definition) is 7. The Balaban J connectivity index is 2.01. The first-order valence-electron chi connectivity index (χ1n) is 11.2. The van der Waals surface area contributed by atoms with Gasteiger partial charge in [0.1, 0.15) is 11.5 Å². The van der Waals surface area contributed by atoms with E-state index in [1.54, 1.807) is 30.3 Å². The number of ether oxygens (including phenoxy) is 2. The summed E-state index contributed by atoms with van der Waals surface area (Å²) >= 11 is 0. The fourth-order valence-corrected chi connectivity index (χ4v) is 4.43. The zero-order valence-electron chi connectivity index (χ0n) is 20.2. The Morgan fingerprint density at radius 2 is 1.53 bits per heavy atom. The van der Waals surface area contributed by atoms with Gasteiger partial charge in [-0.15, -0.1) is 0 Å². The van der Waals surface area contributed by atoms with Gasteiger partial charge in [0.15, 0.2) is 0 Å². The van der Waals surface area contributed by atoms with Crippen LogP contribution in [0.5, 0.6) is 0 Å². The van der Waals surface area contributed by atoms with Crippen molar-refractivity contribution in [3.8, 4) is 17.2 Å². The second-order valence-corrected chi connectivity index (χ2v) is 8.26. The highest BCUT2D eigenvalue weighted by atomic mass is 16.5. The molecule has 7 heteroatoms. The molecule has 7 nitrogen and oxygen atoms in total. The second kappa shape index (κ2) is 10.2. The van der Waals surface area contributed by atoms with E-state index in [2.05, 4.69) is 6.07 Å². The quantitative estimate of drug-likeness (QED) is 0.535. The van der Waals surface area contributed by atoms with Gasteiger partial charge in [0.2, 0.25) is 0 Å². The Morgan fingerprint density at radius 1 is 0.889 bits per heavy atom. The van der Waals surface area contributed by atoms with Gasteiger partial charge in [-0.05, 0) is 35.7 Å². The van der Waals surface area contributed by atoms with Gasteiger partial charge in [-0.1, -0.05) is 72.3 Å². The molecule has 0 fully saturated rings. The molecule has 1 heterocycles. The van der Waals surface area contributed by atoms with Crippen molar-refractivity contribution in [2.45, 2.75) is 12.8 Å². The maximum absolute atomic E-state index is 13.2. The highest BCUT2D eigenvalue weighted by molar-refractivity contribution is 6.06. The number of nitriles is 1. The third-order valence-corrected chi connectivity index (χ3v) is 6.07. The lowest BCUT2D eigenvalue weighted by Crippen LogP contribution is -2.40. The van der Waals surface area contributed by atoms with Gasteiger partial charge < -0.3 is 15.2 Å².